The number of hydrogen-bond acceptors (Lipinski definition) is 14. The number of halogens is 2. The van der Waals surface area contributed by atoms with Gasteiger partial charge in [0.15, 0.2) is 0 Å². The average molecular weight is 923 g/mol. The molecule has 2 aliphatic heterocycles. The molecule has 0 bridgehead atoms. The number of nitrogens with one attached hydrogen (secondary N) is 1. The molecule has 4 aliphatic rings. The molecule has 17 nitrogen and oxygen atoms in total. The van der Waals surface area contributed by atoms with E-state index in [4.69, 9.17) is 58.1 Å². The quantitative estimate of drug-likeness (QED) is 0.106. The van der Waals surface area contributed by atoms with Gasteiger partial charge in [0.1, 0.15) is 32.9 Å². The molecule has 0 aromatic carbocycles. The summed E-state index contributed by atoms with van der Waals surface area (Å²) in [5.74, 6) is -1.22. The zero-order valence-electron chi connectivity index (χ0n) is 37.7. The highest BCUT2D eigenvalue weighted by atomic mass is 35.5. The van der Waals surface area contributed by atoms with E-state index in [0.29, 0.717) is 66.5 Å². The Balaban J connectivity index is 0.000000210. The van der Waals surface area contributed by atoms with Gasteiger partial charge in [-0.15, -0.1) is 0 Å². The summed E-state index contributed by atoms with van der Waals surface area (Å²) < 4.78 is 25.2. The number of carbonyl (C=O) groups is 4. The molecule has 19 heteroatoms. The average Bonchev–Trinajstić information content (AvgIpc) is 3.73. The molecule has 0 unspecified atom stereocenters. The second kappa shape index (κ2) is 18.1. The largest absolute Gasteiger partial charge is 0.461 e. The summed E-state index contributed by atoms with van der Waals surface area (Å²) in [6.45, 7) is 17.5. The topological polar surface area (TPSA) is 208 Å². The van der Waals surface area contributed by atoms with E-state index in [0.717, 1.165) is 51.9 Å². The molecule has 344 valence electrons. The van der Waals surface area contributed by atoms with Crippen molar-refractivity contribution in [1.82, 2.24) is 39.7 Å². The third-order valence-corrected chi connectivity index (χ3v) is 11.7. The maximum Gasteiger partial charge on any atom is 0.410 e. The van der Waals surface area contributed by atoms with Crippen LogP contribution in [-0.2, 0) is 62.5 Å². The fourth-order valence-electron chi connectivity index (χ4n) is 8.61. The predicted octanol–water partition coefficient (Wildman–Crippen LogP) is 6.02. The number of likely N-dealkylation sites (tertiary alicyclic amines) is 1. The number of aryl methyl sites for hydroxylation is 2. The first-order chi connectivity index (χ1) is 30.1. The number of nitrogens with zero attached hydrogens (tertiary/aromatic N) is 7. The molecule has 8 rings (SSSR count). The van der Waals surface area contributed by atoms with Crippen molar-refractivity contribution in [1.29, 1.82) is 0 Å². The molecule has 2 fully saturated rings. The van der Waals surface area contributed by atoms with Gasteiger partial charge in [-0.1, -0.05) is 23.2 Å². The number of nitrogens with two attached hydrogens (primary N) is 1. The molecular formula is C45H57Cl2N9O8. The highest BCUT2D eigenvalue weighted by molar-refractivity contribution is 6.30. The van der Waals surface area contributed by atoms with Gasteiger partial charge in [-0.3, -0.25) is 14.2 Å². The van der Waals surface area contributed by atoms with E-state index in [1.165, 1.54) is 0 Å². The van der Waals surface area contributed by atoms with Crippen LogP contribution in [0.5, 0.6) is 0 Å². The maximum absolute atomic E-state index is 13.2. The van der Waals surface area contributed by atoms with Gasteiger partial charge < -0.3 is 34.9 Å². The van der Waals surface area contributed by atoms with Crippen LogP contribution in [0.25, 0.3) is 22.5 Å². The molecule has 0 radical (unpaired) electrons. The van der Waals surface area contributed by atoms with Crippen molar-refractivity contribution < 1.29 is 38.1 Å². The first kappa shape index (κ1) is 46.9. The molecule has 2 saturated heterocycles. The number of fused-ring (bicyclic) bond motifs is 6. The number of aromatic nitrogens is 6. The number of hydrogen-bond donors (Lipinski definition) is 2. The van der Waals surface area contributed by atoms with Crippen LogP contribution < -0.4 is 11.1 Å². The fraction of sp³-hybridized carbons (Fsp3) is 0.556. The van der Waals surface area contributed by atoms with Crippen LogP contribution in [0.15, 0.2) is 24.5 Å². The lowest BCUT2D eigenvalue weighted by Gasteiger charge is -2.49. The minimum Gasteiger partial charge on any atom is -0.461 e. The molecule has 0 atom stereocenters. The van der Waals surface area contributed by atoms with Crippen molar-refractivity contribution in [3.05, 3.63) is 68.5 Å². The van der Waals surface area contributed by atoms with Gasteiger partial charge in [-0.2, -0.15) is 10.2 Å². The Morgan fingerprint density at radius 2 is 1.20 bits per heavy atom. The van der Waals surface area contributed by atoms with Crippen LogP contribution in [0.3, 0.4) is 0 Å². The number of esters is 3. The summed E-state index contributed by atoms with van der Waals surface area (Å²) >= 11 is 12.3. The zero-order valence-corrected chi connectivity index (χ0v) is 39.2. The Bertz CT molecular complexity index is 2460. The van der Waals surface area contributed by atoms with E-state index in [2.05, 4.69) is 15.3 Å². The first-order valence-corrected chi connectivity index (χ1v) is 22.4. The summed E-state index contributed by atoms with van der Waals surface area (Å²) in [6, 6.07) is 3.56. The standard InChI is InChI=1S/C28H37ClN4O6.C17H20ClN5O2/c1-8-37-24(35)23-18-10-9-17-13-30-20(29)11-19(17)22(18)31-33(23)16-28(12-21(34)38-26(2,3)4)14-32(15-28)25(36)39-27(5,6)7;1-2-25-16(24)15-11-4-3-10-6-21-13(18)5-12(10)14(11)22-23(15)9-17(19)7-20-8-17/h11,13H,8-10,12,14-16H2,1-7H3;5-6,20H,2-4,7-9,19H2,1H3. The minimum atomic E-state index is -0.714. The van der Waals surface area contributed by atoms with Crippen molar-refractivity contribution in [3.8, 4) is 22.5 Å². The van der Waals surface area contributed by atoms with Crippen molar-refractivity contribution in [2.24, 2.45) is 11.1 Å². The molecular weight excluding hydrogens is 865 g/mol. The third-order valence-electron chi connectivity index (χ3n) is 11.3. The van der Waals surface area contributed by atoms with E-state index in [1.54, 1.807) is 67.3 Å². The summed E-state index contributed by atoms with van der Waals surface area (Å²) in [5.41, 5.74) is 11.7. The summed E-state index contributed by atoms with van der Waals surface area (Å²) in [5, 5.41) is 13.5. The summed E-state index contributed by atoms with van der Waals surface area (Å²) in [4.78, 5) is 61.4. The predicted molar refractivity (Wildman–Crippen MR) is 238 cm³/mol. The van der Waals surface area contributed by atoms with E-state index < -0.39 is 34.2 Å². The lowest BCUT2D eigenvalue weighted by Crippen LogP contribution is -2.67. The molecule has 64 heavy (non-hydrogen) atoms. The second-order valence-electron chi connectivity index (χ2n) is 19.0. The molecule has 6 heterocycles. The monoisotopic (exact) mass is 921 g/mol. The molecule has 4 aromatic heterocycles. The Kier molecular flexibility index (Phi) is 13.2. The fourth-order valence-corrected chi connectivity index (χ4v) is 8.92. The van der Waals surface area contributed by atoms with Crippen molar-refractivity contribution in [2.45, 2.75) is 117 Å². The lowest BCUT2D eigenvalue weighted by molar-refractivity contribution is -0.161. The normalized spacial score (nSPS) is 16.6. The molecule has 0 saturated carbocycles. The van der Waals surface area contributed by atoms with Crippen LogP contribution in [0.2, 0.25) is 10.3 Å². The number of carbonyl (C=O) groups excluding carboxylic acids is 4. The van der Waals surface area contributed by atoms with E-state index in [9.17, 15) is 19.2 Å². The number of pyridine rings is 2. The summed E-state index contributed by atoms with van der Waals surface area (Å²) in [6.07, 6.45) is 5.88. The van der Waals surface area contributed by atoms with Crippen LogP contribution in [0, 0.1) is 5.41 Å². The van der Waals surface area contributed by atoms with Crippen LogP contribution in [0.1, 0.15) is 105 Å². The smallest absolute Gasteiger partial charge is 0.410 e. The van der Waals surface area contributed by atoms with Crippen LogP contribution >= 0.6 is 23.2 Å². The highest BCUT2D eigenvalue weighted by Crippen LogP contribution is 2.41. The van der Waals surface area contributed by atoms with Gasteiger partial charge >= 0.3 is 24.0 Å². The molecule has 0 spiro atoms. The van der Waals surface area contributed by atoms with Crippen molar-refractivity contribution in [3.63, 3.8) is 0 Å². The molecule has 2 aliphatic carbocycles. The molecule has 4 aromatic rings. The first-order valence-electron chi connectivity index (χ1n) is 21.6. The SMILES string of the molecule is CCOC(=O)c1c2c(nn1CC1(CC(=O)OC(C)(C)C)CN(C(=O)OC(C)(C)C)C1)-c1cc(Cl)ncc1CC2.CCOC(=O)c1c2c(nn1CC1(N)CNC1)-c1cc(Cl)ncc1CC2. The van der Waals surface area contributed by atoms with Gasteiger partial charge in [-0.25, -0.2) is 24.4 Å². The number of rotatable bonds is 10. The van der Waals surface area contributed by atoms with E-state index in [1.807, 2.05) is 26.8 Å². The zero-order chi connectivity index (χ0) is 46.4. The Hall–Kier alpha value is -5.10. The van der Waals surface area contributed by atoms with Crippen molar-refractivity contribution in [2.75, 3.05) is 39.4 Å². The van der Waals surface area contributed by atoms with E-state index in [-0.39, 0.29) is 44.6 Å². The van der Waals surface area contributed by atoms with Gasteiger partial charge in [0.05, 0.1) is 49.7 Å². The van der Waals surface area contributed by atoms with Gasteiger partial charge in [0.2, 0.25) is 0 Å². The van der Waals surface area contributed by atoms with Crippen LogP contribution in [-0.4, -0.2) is 115 Å². The molecule has 3 N–H and O–H groups in total. The van der Waals surface area contributed by atoms with Gasteiger partial charge in [0, 0.05) is 66.2 Å². The van der Waals surface area contributed by atoms with E-state index >= 15 is 0 Å². The number of amides is 1. The number of ether oxygens (including phenoxy) is 4. The summed E-state index contributed by atoms with van der Waals surface area (Å²) in [7, 11) is 0. The highest BCUT2D eigenvalue weighted by Gasteiger charge is 2.50. The van der Waals surface area contributed by atoms with Crippen molar-refractivity contribution >= 4 is 47.2 Å². The Morgan fingerprint density at radius 1 is 0.734 bits per heavy atom. The maximum atomic E-state index is 13.2. The Morgan fingerprint density at radius 3 is 1.62 bits per heavy atom. The molecule has 1 amide bonds. The third kappa shape index (κ3) is 10.2. The minimum absolute atomic E-state index is 0.0443. The lowest BCUT2D eigenvalue weighted by atomic mass is 9.76. The van der Waals surface area contributed by atoms with Gasteiger partial charge in [0.25, 0.3) is 0 Å². The van der Waals surface area contributed by atoms with Gasteiger partial charge in [-0.05, 0) is 104 Å². The van der Waals surface area contributed by atoms with Crippen LogP contribution in [0.4, 0.5) is 4.79 Å². The Labute approximate surface area is 382 Å². The second-order valence-corrected chi connectivity index (χ2v) is 19.8.